The molecule has 4 aliphatic rings. The van der Waals surface area contributed by atoms with E-state index < -0.39 is 0 Å². The van der Waals surface area contributed by atoms with Gasteiger partial charge < -0.3 is 14.7 Å². The van der Waals surface area contributed by atoms with Gasteiger partial charge in [0.15, 0.2) is 0 Å². The molecular weight excluding hydrogens is 296 g/mol. The van der Waals surface area contributed by atoms with Crippen LogP contribution in [0, 0.1) is 5.92 Å². The van der Waals surface area contributed by atoms with Crippen LogP contribution in [-0.4, -0.2) is 97.1 Å². The lowest BCUT2D eigenvalue weighted by molar-refractivity contribution is 0.00333. The Morgan fingerprint density at radius 2 is 0.917 bits per heavy atom. The normalized spacial score (nSPS) is 32.2. The molecule has 0 spiro atoms. The molecule has 0 saturated carbocycles. The Hall–Kier alpha value is -0.160. The highest BCUT2D eigenvalue weighted by molar-refractivity contribution is 4.91. The van der Waals surface area contributed by atoms with Crippen molar-refractivity contribution in [2.45, 2.75) is 63.6 Å². The van der Waals surface area contributed by atoms with Crippen LogP contribution in [0.25, 0.3) is 0 Å². The first-order valence-corrected chi connectivity index (χ1v) is 10.6. The number of likely N-dealkylation sites (tertiary alicyclic amines) is 4. The van der Waals surface area contributed by atoms with Crippen molar-refractivity contribution in [3.8, 4) is 0 Å². The van der Waals surface area contributed by atoms with Gasteiger partial charge in [-0.15, -0.1) is 0 Å². The van der Waals surface area contributed by atoms with E-state index in [9.17, 15) is 0 Å². The quantitative estimate of drug-likeness (QED) is 0.782. The SMILES string of the molecule is CC1CN(C2CCN(C3CCN(C4CCN(C)CC4)CC3)CC2)C1. The zero-order valence-corrected chi connectivity index (χ0v) is 16.0. The van der Waals surface area contributed by atoms with Gasteiger partial charge in [0.2, 0.25) is 0 Å². The molecule has 4 nitrogen and oxygen atoms in total. The predicted molar refractivity (Wildman–Crippen MR) is 100 cm³/mol. The first-order valence-electron chi connectivity index (χ1n) is 10.6. The van der Waals surface area contributed by atoms with Crippen LogP contribution >= 0.6 is 0 Å². The smallest absolute Gasteiger partial charge is 0.0120 e. The van der Waals surface area contributed by atoms with Crippen molar-refractivity contribution in [2.24, 2.45) is 5.92 Å². The monoisotopic (exact) mass is 334 g/mol. The van der Waals surface area contributed by atoms with E-state index in [0.717, 1.165) is 24.0 Å². The number of hydrogen-bond acceptors (Lipinski definition) is 4. The van der Waals surface area contributed by atoms with Gasteiger partial charge in [-0.1, -0.05) is 6.92 Å². The van der Waals surface area contributed by atoms with Gasteiger partial charge in [-0.3, -0.25) is 4.90 Å². The van der Waals surface area contributed by atoms with E-state index in [1.165, 1.54) is 90.9 Å². The Kier molecular flexibility index (Phi) is 5.47. The molecule has 4 heterocycles. The van der Waals surface area contributed by atoms with Crippen molar-refractivity contribution in [2.75, 3.05) is 59.4 Å². The van der Waals surface area contributed by atoms with Gasteiger partial charge in [-0.2, -0.15) is 0 Å². The maximum Gasteiger partial charge on any atom is 0.0120 e. The third kappa shape index (κ3) is 3.82. The van der Waals surface area contributed by atoms with E-state index >= 15 is 0 Å². The molecule has 0 aromatic rings. The third-order valence-electron chi connectivity index (χ3n) is 7.33. The molecule has 24 heavy (non-hydrogen) atoms. The molecule has 0 bridgehead atoms. The van der Waals surface area contributed by atoms with Crippen molar-refractivity contribution in [1.82, 2.24) is 19.6 Å². The minimum absolute atomic E-state index is 0.876. The minimum Gasteiger partial charge on any atom is -0.306 e. The highest BCUT2D eigenvalue weighted by Crippen LogP contribution is 2.28. The van der Waals surface area contributed by atoms with Crippen LogP contribution < -0.4 is 0 Å². The van der Waals surface area contributed by atoms with Crippen LogP contribution in [0.5, 0.6) is 0 Å². The Balaban J connectivity index is 1.18. The van der Waals surface area contributed by atoms with Crippen LogP contribution in [0.3, 0.4) is 0 Å². The third-order valence-corrected chi connectivity index (χ3v) is 7.33. The van der Waals surface area contributed by atoms with Crippen molar-refractivity contribution in [3.05, 3.63) is 0 Å². The Bertz CT molecular complexity index is 384. The Morgan fingerprint density at radius 3 is 1.33 bits per heavy atom. The second-order valence-electron chi connectivity index (χ2n) is 9.13. The largest absolute Gasteiger partial charge is 0.306 e. The van der Waals surface area contributed by atoms with Gasteiger partial charge in [-0.05, 0) is 90.8 Å². The number of hydrogen-bond donors (Lipinski definition) is 0. The molecule has 4 aliphatic heterocycles. The number of piperidine rings is 3. The average Bonchev–Trinajstić information content (AvgIpc) is 2.60. The first kappa shape index (κ1) is 17.3. The van der Waals surface area contributed by atoms with Crippen molar-refractivity contribution in [3.63, 3.8) is 0 Å². The van der Waals surface area contributed by atoms with E-state index in [0.29, 0.717) is 0 Å². The molecule has 138 valence electrons. The maximum atomic E-state index is 2.84. The summed E-state index contributed by atoms with van der Waals surface area (Å²) in [5.41, 5.74) is 0. The van der Waals surface area contributed by atoms with E-state index in [-0.39, 0.29) is 0 Å². The first-order chi connectivity index (χ1) is 11.7. The molecule has 0 aromatic heterocycles. The van der Waals surface area contributed by atoms with E-state index in [1.54, 1.807) is 0 Å². The molecule has 0 radical (unpaired) electrons. The fraction of sp³-hybridized carbons (Fsp3) is 1.00. The Labute approximate surface area is 149 Å². The van der Waals surface area contributed by atoms with E-state index in [2.05, 4.69) is 33.6 Å². The van der Waals surface area contributed by atoms with Gasteiger partial charge in [0.1, 0.15) is 0 Å². The predicted octanol–water partition coefficient (Wildman–Crippen LogP) is 1.96. The summed E-state index contributed by atoms with van der Waals surface area (Å²) < 4.78 is 0. The molecule has 0 atom stereocenters. The zero-order valence-electron chi connectivity index (χ0n) is 16.0. The van der Waals surface area contributed by atoms with Gasteiger partial charge in [0.05, 0.1) is 0 Å². The summed E-state index contributed by atoms with van der Waals surface area (Å²) in [7, 11) is 2.27. The average molecular weight is 335 g/mol. The van der Waals surface area contributed by atoms with Crippen molar-refractivity contribution >= 4 is 0 Å². The molecule has 0 aliphatic carbocycles. The summed E-state index contributed by atoms with van der Waals surface area (Å²) in [5.74, 6) is 0.951. The molecule has 4 fully saturated rings. The van der Waals surface area contributed by atoms with E-state index in [4.69, 9.17) is 0 Å². The fourth-order valence-corrected chi connectivity index (χ4v) is 5.64. The lowest BCUT2D eigenvalue weighted by Gasteiger charge is -2.49. The van der Waals surface area contributed by atoms with Crippen LogP contribution in [0.2, 0.25) is 0 Å². The molecule has 0 N–H and O–H groups in total. The molecule has 0 aromatic carbocycles. The van der Waals surface area contributed by atoms with Gasteiger partial charge >= 0.3 is 0 Å². The van der Waals surface area contributed by atoms with Crippen LogP contribution in [0.4, 0.5) is 0 Å². The zero-order chi connectivity index (χ0) is 16.5. The van der Waals surface area contributed by atoms with Crippen molar-refractivity contribution in [1.29, 1.82) is 0 Å². The van der Waals surface area contributed by atoms with Crippen LogP contribution in [0.1, 0.15) is 45.4 Å². The topological polar surface area (TPSA) is 13.0 Å². The highest BCUT2D eigenvalue weighted by Gasteiger charge is 2.35. The Morgan fingerprint density at radius 1 is 0.542 bits per heavy atom. The summed E-state index contributed by atoms with van der Waals surface area (Å²) in [6.07, 6.45) is 8.45. The maximum absolute atomic E-state index is 2.84. The molecule has 0 amide bonds. The summed E-state index contributed by atoms with van der Waals surface area (Å²) in [4.78, 5) is 10.9. The van der Waals surface area contributed by atoms with Gasteiger partial charge in [-0.25, -0.2) is 0 Å². The van der Waals surface area contributed by atoms with Crippen LogP contribution in [-0.2, 0) is 0 Å². The summed E-state index contributed by atoms with van der Waals surface area (Å²) >= 11 is 0. The summed E-state index contributed by atoms with van der Waals surface area (Å²) in [5, 5.41) is 0. The highest BCUT2D eigenvalue weighted by atomic mass is 15.3. The lowest BCUT2D eigenvalue weighted by Crippen LogP contribution is -2.56. The van der Waals surface area contributed by atoms with E-state index in [1.807, 2.05) is 0 Å². The minimum atomic E-state index is 0.876. The lowest BCUT2D eigenvalue weighted by atomic mass is 9.92. The van der Waals surface area contributed by atoms with Crippen molar-refractivity contribution < 1.29 is 0 Å². The summed E-state index contributed by atoms with van der Waals surface area (Å²) in [6, 6.07) is 2.65. The molecular formula is C20H38N4. The number of nitrogens with zero attached hydrogens (tertiary/aromatic N) is 4. The second-order valence-corrected chi connectivity index (χ2v) is 9.13. The number of rotatable bonds is 3. The second kappa shape index (κ2) is 7.61. The molecule has 4 rings (SSSR count). The van der Waals surface area contributed by atoms with Gasteiger partial charge in [0, 0.05) is 31.2 Å². The van der Waals surface area contributed by atoms with Crippen LogP contribution in [0.15, 0.2) is 0 Å². The standard InChI is InChI=1S/C20H38N4/c1-17-15-24(16-17)20-7-13-23(14-8-20)19-5-11-22(12-6-19)18-3-9-21(2)10-4-18/h17-20H,3-16H2,1-2H3. The van der Waals surface area contributed by atoms with Gasteiger partial charge in [0.25, 0.3) is 0 Å². The molecule has 0 unspecified atom stereocenters. The fourth-order valence-electron chi connectivity index (χ4n) is 5.64. The molecule has 4 saturated heterocycles. The molecule has 4 heteroatoms. The summed E-state index contributed by atoms with van der Waals surface area (Å²) in [6.45, 7) is 13.1.